The molecule has 13 heavy (non-hydrogen) atoms. The van der Waals surface area contributed by atoms with E-state index in [9.17, 15) is 9.59 Å². The van der Waals surface area contributed by atoms with Gasteiger partial charge in [-0.15, -0.1) is 6.42 Å². The molecule has 1 aliphatic rings. The number of hydrogen-bond acceptors (Lipinski definition) is 3. The summed E-state index contributed by atoms with van der Waals surface area (Å²) in [7, 11) is 0. The second kappa shape index (κ2) is 3.92. The van der Waals surface area contributed by atoms with E-state index in [1.807, 2.05) is 5.92 Å². The summed E-state index contributed by atoms with van der Waals surface area (Å²) in [4.78, 5) is 23.4. The van der Waals surface area contributed by atoms with Crippen molar-refractivity contribution in [1.82, 2.24) is 10.2 Å². The van der Waals surface area contributed by atoms with Gasteiger partial charge in [-0.05, 0) is 5.92 Å². The minimum atomic E-state index is -0.614. The highest BCUT2D eigenvalue weighted by molar-refractivity contribution is 5.96. The first-order valence-corrected chi connectivity index (χ1v) is 3.94. The van der Waals surface area contributed by atoms with Crippen LogP contribution in [-0.4, -0.2) is 42.4 Å². The molecular formula is C8H11N3O2. The summed E-state index contributed by atoms with van der Waals surface area (Å²) < 4.78 is 0. The van der Waals surface area contributed by atoms with Crippen LogP contribution in [0.15, 0.2) is 0 Å². The first-order chi connectivity index (χ1) is 6.16. The van der Waals surface area contributed by atoms with E-state index in [-0.39, 0.29) is 0 Å². The maximum Gasteiger partial charge on any atom is 0.298 e. The van der Waals surface area contributed by atoms with Crippen molar-refractivity contribution < 1.29 is 9.59 Å². The summed E-state index contributed by atoms with van der Waals surface area (Å²) in [6.45, 7) is 1.44. The minimum Gasteiger partial charge on any atom is -0.368 e. The van der Waals surface area contributed by atoms with E-state index in [1.54, 1.807) is 0 Å². The van der Waals surface area contributed by atoms with Gasteiger partial charge in [-0.3, -0.25) is 9.59 Å². The van der Waals surface area contributed by atoms with Crippen LogP contribution in [0.25, 0.3) is 0 Å². The summed E-state index contributed by atoms with van der Waals surface area (Å²) in [5.41, 5.74) is 5.11. The number of amides is 2. The SMILES string of the molecule is C#CC(=O)N1CCNCC1C(N)=O. The van der Waals surface area contributed by atoms with Gasteiger partial charge >= 0.3 is 0 Å². The summed E-state index contributed by atoms with van der Waals surface area (Å²) >= 11 is 0. The molecule has 0 aromatic rings. The van der Waals surface area contributed by atoms with E-state index in [0.717, 1.165) is 0 Å². The second-order valence-corrected chi connectivity index (χ2v) is 2.77. The highest BCUT2D eigenvalue weighted by Gasteiger charge is 2.29. The highest BCUT2D eigenvalue weighted by atomic mass is 16.2. The van der Waals surface area contributed by atoms with Gasteiger partial charge in [0.05, 0.1) is 0 Å². The van der Waals surface area contributed by atoms with Crippen molar-refractivity contribution in [3.8, 4) is 12.3 Å². The van der Waals surface area contributed by atoms with Gasteiger partial charge in [0, 0.05) is 19.6 Å². The Morgan fingerprint density at radius 3 is 2.85 bits per heavy atom. The predicted octanol–water partition coefficient (Wildman–Crippen LogP) is -2.09. The van der Waals surface area contributed by atoms with E-state index in [2.05, 4.69) is 5.32 Å². The van der Waals surface area contributed by atoms with Crippen LogP contribution in [0.1, 0.15) is 0 Å². The van der Waals surface area contributed by atoms with E-state index in [0.29, 0.717) is 19.6 Å². The molecule has 0 bridgehead atoms. The molecule has 0 radical (unpaired) electrons. The zero-order chi connectivity index (χ0) is 9.84. The molecule has 1 atom stereocenters. The van der Waals surface area contributed by atoms with Crippen LogP contribution in [0.4, 0.5) is 0 Å². The lowest BCUT2D eigenvalue weighted by molar-refractivity contribution is -0.135. The van der Waals surface area contributed by atoms with Gasteiger partial charge in [0.25, 0.3) is 5.91 Å². The average molecular weight is 181 g/mol. The van der Waals surface area contributed by atoms with Crippen molar-refractivity contribution >= 4 is 11.8 Å². The van der Waals surface area contributed by atoms with Crippen LogP contribution in [0, 0.1) is 12.3 Å². The Kier molecular flexibility index (Phi) is 2.88. The number of carbonyl (C=O) groups is 2. The number of carbonyl (C=O) groups excluding carboxylic acids is 2. The Hall–Kier alpha value is -1.54. The third-order valence-electron chi connectivity index (χ3n) is 1.96. The number of nitrogens with zero attached hydrogens (tertiary/aromatic N) is 1. The second-order valence-electron chi connectivity index (χ2n) is 2.77. The lowest BCUT2D eigenvalue weighted by Gasteiger charge is -2.32. The quantitative estimate of drug-likeness (QED) is 0.455. The number of piperazine rings is 1. The van der Waals surface area contributed by atoms with E-state index in [4.69, 9.17) is 12.2 Å². The summed E-state index contributed by atoms with van der Waals surface area (Å²) in [5.74, 6) is 0.958. The molecule has 0 aliphatic carbocycles. The van der Waals surface area contributed by atoms with Crippen LogP contribution in [-0.2, 0) is 9.59 Å². The van der Waals surface area contributed by atoms with Gasteiger partial charge in [0.2, 0.25) is 5.91 Å². The van der Waals surface area contributed by atoms with Gasteiger partial charge in [-0.25, -0.2) is 0 Å². The fourth-order valence-corrected chi connectivity index (χ4v) is 1.28. The van der Waals surface area contributed by atoms with Crippen molar-refractivity contribution in [2.24, 2.45) is 5.73 Å². The summed E-state index contributed by atoms with van der Waals surface area (Å²) in [6.07, 6.45) is 4.95. The number of hydrogen-bond donors (Lipinski definition) is 2. The number of nitrogens with one attached hydrogen (secondary N) is 1. The van der Waals surface area contributed by atoms with Crippen molar-refractivity contribution in [1.29, 1.82) is 0 Å². The van der Waals surface area contributed by atoms with Crippen molar-refractivity contribution in [2.75, 3.05) is 19.6 Å². The van der Waals surface area contributed by atoms with Gasteiger partial charge < -0.3 is 16.0 Å². The third-order valence-corrected chi connectivity index (χ3v) is 1.96. The molecule has 0 spiro atoms. The normalized spacial score (nSPS) is 22.1. The molecule has 0 aromatic carbocycles. The summed E-state index contributed by atoms with van der Waals surface area (Å²) in [6, 6.07) is -0.614. The topological polar surface area (TPSA) is 75.4 Å². The van der Waals surface area contributed by atoms with Crippen molar-refractivity contribution in [3.63, 3.8) is 0 Å². The molecule has 70 valence electrons. The molecule has 0 aromatic heterocycles. The highest BCUT2D eigenvalue weighted by Crippen LogP contribution is 2.02. The Morgan fingerprint density at radius 2 is 2.31 bits per heavy atom. The maximum atomic E-state index is 11.1. The molecule has 1 rings (SSSR count). The average Bonchev–Trinajstić information content (AvgIpc) is 2.16. The van der Waals surface area contributed by atoms with Gasteiger partial charge in [0.1, 0.15) is 6.04 Å². The molecular weight excluding hydrogens is 170 g/mol. The molecule has 5 nitrogen and oxygen atoms in total. The lowest BCUT2D eigenvalue weighted by atomic mass is 10.2. The molecule has 1 heterocycles. The Balaban J connectivity index is 2.74. The monoisotopic (exact) mass is 181 g/mol. The number of terminal acetylenes is 1. The molecule has 3 N–H and O–H groups in total. The maximum absolute atomic E-state index is 11.1. The number of primary amides is 1. The molecule has 1 saturated heterocycles. The Bertz CT molecular complexity index is 269. The van der Waals surface area contributed by atoms with Crippen LogP contribution >= 0.6 is 0 Å². The Morgan fingerprint density at radius 1 is 1.62 bits per heavy atom. The fraction of sp³-hybridized carbons (Fsp3) is 0.500. The molecule has 1 fully saturated rings. The van der Waals surface area contributed by atoms with Gasteiger partial charge in [-0.2, -0.15) is 0 Å². The molecule has 1 aliphatic heterocycles. The van der Waals surface area contributed by atoms with Crippen molar-refractivity contribution in [2.45, 2.75) is 6.04 Å². The van der Waals surface area contributed by atoms with Crippen molar-refractivity contribution in [3.05, 3.63) is 0 Å². The fourth-order valence-electron chi connectivity index (χ4n) is 1.28. The first-order valence-electron chi connectivity index (χ1n) is 3.94. The molecule has 1 unspecified atom stereocenters. The largest absolute Gasteiger partial charge is 0.368 e. The number of rotatable bonds is 1. The zero-order valence-electron chi connectivity index (χ0n) is 7.12. The van der Waals surface area contributed by atoms with Crippen LogP contribution in [0.2, 0.25) is 0 Å². The van der Waals surface area contributed by atoms with Crippen LogP contribution in [0.3, 0.4) is 0 Å². The van der Waals surface area contributed by atoms with Crippen LogP contribution in [0.5, 0.6) is 0 Å². The number of nitrogens with two attached hydrogens (primary N) is 1. The minimum absolute atomic E-state index is 0.378. The van der Waals surface area contributed by atoms with E-state index in [1.165, 1.54) is 4.90 Å². The van der Waals surface area contributed by atoms with E-state index >= 15 is 0 Å². The van der Waals surface area contributed by atoms with Crippen LogP contribution < -0.4 is 11.1 Å². The smallest absolute Gasteiger partial charge is 0.298 e. The van der Waals surface area contributed by atoms with Gasteiger partial charge in [-0.1, -0.05) is 0 Å². The summed E-state index contributed by atoms with van der Waals surface area (Å²) in [5, 5.41) is 2.96. The standard InChI is InChI=1S/C8H11N3O2/c1-2-7(12)11-4-3-10-5-6(11)8(9)13/h1,6,10H,3-5H2,(H2,9,13). The van der Waals surface area contributed by atoms with E-state index < -0.39 is 17.9 Å². The predicted molar refractivity (Wildman–Crippen MR) is 46.4 cm³/mol. The van der Waals surface area contributed by atoms with Gasteiger partial charge in [0.15, 0.2) is 0 Å². The Labute approximate surface area is 76.3 Å². The first kappa shape index (κ1) is 9.55. The molecule has 0 saturated carbocycles. The molecule has 5 heteroatoms. The third kappa shape index (κ3) is 1.98. The lowest BCUT2D eigenvalue weighted by Crippen LogP contribution is -2.58. The molecule has 2 amide bonds. The zero-order valence-corrected chi connectivity index (χ0v) is 7.12.